The predicted octanol–water partition coefficient (Wildman–Crippen LogP) is 21.6. The van der Waals surface area contributed by atoms with Crippen molar-refractivity contribution >= 4 is 13.7 Å². The Kier molecular flexibility index (Phi) is 60.7. The maximum Gasteiger partial charge on any atom is 0.268 e. The number of likely N-dealkylation sites (N-methyl/N-ethyl adjacent to an activating group) is 1. The summed E-state index contributed by atoms with van der Waals surface area (Å²) in [6, 6.07) is -0.885. The standard InChI is InChI=1S/C70H139N2O6P/c1-6-8-10-12-14-16-18-20-22-24-26-28-30-32-33-34-35-36-37-38-39-40-42-44-46-48-50-52-54-56-58-60-62-64-70(74)71-68(67-78-79(75,76)77-66-65-72(3,4)5)69(73)63-61-59-57-55-53-51-49-47-45-43-41-31-29-27-25-23-21-19-17-15-13-11-9-7-2/h24,26,61,63,68-69,73H,6-23,25,27-60,62,64-67H2,1-5H3,(H-,71,74,75,76)/b26-24-,63-61+. The first kappa shape index (κ1) is 78.0. The number of hydrogen-bond acceptors (Lipinski definition) is 6. The second-order valence-corrected chi connectivity index (χ2v) is 27.0. The van der Waals surface area contributed by atoms with Gasteiger partial charge >= 0.3 is 0 Å². The van der Waals surface area contributed by atoms with Crippen LogP contribution in [0.15, 0.2) is 24.3 Å². The lowest BCUT2D eigenvalue weighted by Crippen LogP contribution is -2.45. The molecule has 0 fully saturated rings. The van der Waals surface area contributed by atoms with Crippen molar-refractivity contribution in [2.75, 3.05) is 40.9 Å². The number of phosphoric ester groups is 1. The molecule has 0 saturated heterocycles. The largest absolute Gasteiger partial charge is 0.756 e. The van der Waals surface area contributed by atoms with Crippen LogP contribution < -0.4 is 10.2 Å². The Morgan fingerprint density at radius 2 is 0.696 bits per heavy atom. The minimum Gasteiger partial charge on any atom is -0.756 e. The molecule has 0 aliphatic rings. The van der Waals surface area contributed by atoms with Crippen molar-refractivity contribution in [3.63, 3.8) is 0 Å². The zero-order valence-corrected chi connectivity index (χ0v) is 54.8. The first-order valence-corrected chi connectivity index (χ1v) is 36.7. The van der Waals surface area contributed by atoms with Gasteiger partial charge in [-0.3, -0.25) is 9.36 Å². The summed E-state index contributed by atoms with van der Waals surface area (Å²) >= 11 is 0. The third kappa shape index (κ3) is 64.4. The van der Waals surface area contributed by atoms with Crippen LogP contribution in [-0.4, -0.2) is 68.5 Å². The fourth-order valence-corrected chi connectivity index (χ4v) is 11.6. The lowest BCUT2D eigenvalue weighted by Gasteiger charge is -2.29. The summed E-state index contributed by atoms with van der Waals surface area (Å²) < 4.78 is 23.5. The third-order valence-corrected chi connectivity index (χ3v) is 17.4. The number of aliphatic hydroxyl groups is 1. The molecule has 0 aliphatic heterocycles. The van der Waals surface area contributed by atoms with Crippen LogP contribution in [0.3, 0.4) is 0 Å². The Morgan fingerprint density at radius 1 is 0.430 bits per heavy atom. The number of aliphatic hydroxyl groups excluding tert-OH is 1. The van der Waals surface area contributed by atoms with E-state index in [1.807, 2.05) is 27.2 Å². The van der Waals surface area contributed by atoms with E-state index in [4.69, 9.17) is 9.05 Å². The van der Waals surface area contributed by atoms with E-state index in [2.05, 4.69) is 31.3 Å². The highest BCUT2D eigenvalue weighted by Crippen LogP contribution is 2.38. The molecule has 0 aromatic rings. The zero-order chi connectivity index (χ0) is 57.7. The van der Waals surface area contributed by atoms with E-state index in [9.17, 15) is 19.4 Å². The summed E-state index contributed by atoms with van der Waals surface area (Å²) in [4.78, 5) is 25.6. The van der Waals surface area contributed by atoms with Gasteiger partial charge < -0.3 is 28.8 Å². The summed E-state index contributed by atoms with van der Waals surface area (Å²) in [6.45, 7) is 4.71. The number of rotatable bonds is 66. The van der Waals surface area contributed by atoms with Gasteiger partial charge in [0.1, 0.15) is 13.2 Å². The van der Waals surface area contributed by atoms with Crippen LogP contribution in [0.5, 0.6) is 0 Å². The smallest absolute Gasteiger partial charge is 0.268 e. The van der Waals surface area contributed by atoms with Gasteiger partial charge in [-0.25, -0.2) is 0 Å². The first-order chi connectivity index (χ1) is 38.5. The van der Waals surface area contributed by atoms with E-state index in [0.717, 1.165) is 38.5 Å². The van der Waals surface area contributed by atoms with Crippen molar-refractivity contribution in [3.8, 4) is 0 Å². The molecule has 0 aromatic heterocycles. The Hall–Kier alpha value is -1.02. The Bertz CT molecular complexity index is 1340. The first-order valence-electron chi connectivity index (χ1n) is 35.2. The van der Waals surface area contributed by atoms with Crippen molar-refractivity contribution < 1.29 is 32.9 Å². The fraction of sp³-hybridized carbons (Fsp3) is 0.929. The second-order valence-electron chi connectivity index (χ2n) is 25.6. The number of unbranched alkanes of at least 4 members (excludes halogenated alkanes) is 51. The van der Waals surface area contributed by atoms with Crippen LogP contribution in [0.25, 0.3) is 0 Å². The van der Waals surface area contributed by atoms with Crippen LogP contribution in [0, 0.1) is 0 Å². The molecule has 9 heteroatoms. The number of carbonyl (C=O) groups excluding carboxylic acids is 1. The van der Waals surface area contributed by atoms with Crippen molar-refractivity contribution in [2.24, 2.45) is 0 Å². The molecule has 470 valence electrons. The number of nitrogens with zero attached hydrogens (tertiary/aromatic N) is 1. The lowest BCUT2D eigenvalue weighted by atomic mass is 10.0. The number of hydrogen-bond donors (Lipinski definition) is 2. The van der Waals surface area contributed by atoms with Crippen LogP contribution in [0.4, 0.5) is 0 Å². The van der Waals surface area contributed by atoms with E-state index in [-0.39, 0.29) is 19.1 Å². The van der Waals surface area contributed by atoms with Gasteiger partial charge in [0.15, 0.2) is 0 Å². The molecule has 0 spiro atoms. The molecule has 0 radical (unpaired) electrons. The van der Waals surface area contributed by atoms with Gasteiger partial charge in [-0.2, -0.15) is 0 Å². The second kappa shape index (κ2) is 61.5. The van der Waals surface area contributed by atoms with Crippen LogP contribution in [0.1, 0.15) is 367 Å². The highest BCUT2D eigenvalue weighted by molar-refractivity contribution is 7.45. The van der Waals surface area contributed by atoms with Gasteiger partial charge in [-0.1, -0.05) is 340 Å². The van der Waals surface area contributed by atoms with Gasteiger partial charge in [-0.05, 0) is 44.9 Å². The van der Waals surface area contributed by atoms with Crippen molar-refractivity contribution in [1.82, 2.24) is 5.32 Å². The number of amides is 1. The normalized spacial score (nSPS) is 13.8. The maximum atomic E-state index is 13.0. The van der Waals surface area contributed by atoms with E-state index in [1.54, 1.807) is 6.08 Å². The predicted molar refractivity (Wildman–Crippen MR) is 344 cm³/mol. The Morgan fingerprint density at radius 3 is 0.987 bits per heavy atom. The van der Waals surface area contributed by atoms with Crippen LogP contribution in [-0.2, 0) is 18.4 Å². The van der Waals surface area contributed by atoms with Crippen molar-refractivity contribution in [3.05, 3.63) is 24.3 Å². The minimum atomic E-state index is -4.60. The number of nitrogens with one attached hydrogen (secondary N) is 1. The molecular weight excluding hydrogens is 996 g/mol. The molecular formula is C70H139N2O6P. The molecule has 0 aliphatic carbocycles. The number of carbonyl (C=O) groups is 1. The summed E-state index contributed by atoms with van der Waals surface area (Å²) in [5.41, 5.74) is 0. The third-order valence-electron chi connectivity index (χ3n) is 16.4. The highest BCUT2D eigenvalue weighted by Gasteiger charge is 2.23. The SMILES string of the molecule is CCCCCCCCCC/C=C\CCCCCCCCCCCCCCCCCCCCCCCC(=O)NC(COP(=O)([O-])OCC[N+](C)(C)C)C(O)/C=C/CCCCCCCCCCCCCCCCCCCCCCCC. The lowest BCUT2D eigenvalue weighted by molar-refractivity contribution is -0.870. The van der Waals surface area contributed by atoms with Crippen molar-refractivity contribution in [2.45, 2.75) is 379 Å². The molecule has 0 bridgehead atoms. The van der Waals surface area contributed by atoms with Gasteiger partial charge in [-0.15, -0.1) is 0 Å². The highest BCUT2D eigenvalue weighted by atomic mass is 31.2. The van der Waals surface area contributed by atoms with Gasteiger partial charge in [0.05, 0.1) is 39.9 Å². The summed E-state index contributed by atoms with van der Waals surface area (Å²) in [5.74, 6) is -0.189. The van der Waals surface area contributed by atoms with E-state index in [1.165, 1.54) is 308 Å². The molecule has 3 unspecified atom stereocenters. The summed E-state index contributed by atoms with van der Waals surface area (Å²) in [7, 11) is 1.28. The monoisotopic (exact) mass is 1140 g/mol. The van der Waals surface area contributed by atoms with Gasteiger partial charge in [0, 0.05) is 6.42 Å². The molecule has 2 N–H and O–H groups in total. The van der Waals surface area contributed by atoms with Crippen molar-refractivity contribution in [1.29, 1.82) is 0 Å². The fourth-order valence-electron chi connectivity index (χ4n) is 10.9. The number of quaternary nitrogens is 1. The molecule has 79 heavy (non-hydrogen) atoms. The molecule has 0 saturated carbocycles. The summed E-state index contributed by atoms with van der Waals surface area (Å²) in [5, 5.41) is 14.0. The zero-order valence-electron chi connectivity index (χ0n) is 53.9. The number of allylic oxidation sites excluding steroid dienone is 3. The summed E-state index contributed by atoms with van der Waals surface area (Å²) in [6.07, 6.45) is 80.2. The van der Waals surface area contributed by atoms with Crippen LogP contribution in [0.2, 0.25) is 0 Å². The molecule has 3 atom stereocenters. The van der Waals surface area contributed by atoms with E-state index >= 15 is 0 Å². The van der Waals surface area contributed by atoms with E-state index in [0.29, 0.717) is 17.4 Å². The molecule has 0 aromatic carbocycles. The average Bonchev–Trinajstić information content (AvgIpc) is 3.42. The molecule has 0 heterocycles. The topological polar surface area (TPSA) is 108 Å². The number of phosphoric acid groups is 1. The van der Waals surface area contributed by atoms with Gasteiger partial charge in [0.25, 0.3) is 7.82 Å². The molecule has 8 nitrogen and oxygen atoms in total. The van der Waals surface area contributed by atoms with E-state index < -0.39 is 20.0 Å². The Labute approximate surface area is 494 Å². The maximum absolute atomic E-state index is 13.0. The molecule has 0 rings (SSSR count). The Balaban J connectivity index is 4.01. The molecule has 1 amide bonds. The quantitative estimate of drug-likeness (QED) is 0.0272. The average molecular weight is 1140 g/mol. The van der Waals surface area contributed by atoms with Crippen LogP contribution >= 0.6 is 7.82 Å². The minimum absolute atomic E-state index is 0.00205. The van der Waals surface area contributed by atoms with Gasteiger partial charge in [0.2, 0.25) is 5.91 Å².